The smallest absolute Gasteiger partial charge is 0.147 e. The zero-order chi connectivity index (χ0) is 13.7. The minimum absolute atomic E-state index is 0.174. The predicted octanol–water partition coefficient (Wildman–Crippen LogP) is 3.22. The number of rotatable bonds is 5. The lowest BCUT2D eigenvalue weighted by Crippen LogP contribution is -2.11. The van der Waals surface area contributed by atoms with Gasteiger partial charge in [0.15, 0.2) is 0 Å². The Morgan fingerprint density at radius 3 is 2.68 bits per heavy atom. The summed E-state index contributed by atoms with van der Waals surface area (Å²) >= 11 is 0. The fourth-order valence-corrected chi connectivity index (χ4v) is 1.83. The molecule has 2 rings (SSSR count). The Hall–Kier alpha value is -2.17. The van der Waals surface area contributed by atoms with Gasteiger partial charge in [-0.25, -0.2) is 9.37 Å². The largest absolute Gasteiger partial charge is 0.369 e. The van der Waals surface area contributed by atoms with Gasteiger partial charge in [0.25, 0.3) is 0 Å². The fraction of sp³-hybridized carbons (Fsp3) is 0.286. The van der Waals surface area contributed by atoms with Crippen LogP contribution in [0.15, 0.2) is 36.7 Å². The molecule has 19 heavy (non-hydrogen) atoms. The molecule has 0 saturated carbocycles. The van der Waals surface area contributed by atoms with E-state index in [-0.39, 0.29) is 11.9 Å². The van der Waals surface area contributed by atoms with E-state index in [1.165, 1.54) is 6.07 Å². The van der Waals surface area contributed by atoms with Crippen molar-refractivity contribution in [2.45, 2.75) is 19.9 Å². The van der Waals surface area contributed by atoms with Crippen LogP contribution in [0.25, 0.3) is 0 Å². The Labute approximate surface area is 112 Å². The zero-order valence-corrected chi connectivity index (χ0v) is 11.0. The van der Waals surface area contributed by atoms with Crippen LogP contribution in [0.1, 0.15) is 25.5 Å². The minimum Gasteiger partial charge on any atom is -0.369 e. The molecule has 0 aliphatic rings. The first-order chi connectivity index (χ1) is 9.20. The Kier molecular flexibility index (Phi) is 4.28. The molecule has 1 aromatic carbocycles. The molecule has 0 fully saturated rings. The number of aromatic nitrogens is 2. The van der Waals surface area contributed by atoms with Crippen molar-refractivity contribution in [3.63, 3.8) is 0 Å². The lowest BCUT2D eigenvalue weighted by molar-refractivity contribution is 0.600. The average Bonchev–Trinajstić information content (AvgIpc) is 2.40. The summed E-state index contributed by atoms with van der Waals surface area (Å²) in [4.78, 5) is 8.44. The maximum atomic E-state index is 13.7. The van der Waals surface area contributed by atoms with E-state index in [0.29, 0.717) is 17.2 Å². The van der Waals surface area contributed by atoms with Crippen molar-refractivity contribution in [2.75, 3.05) is 17.2 Å². The molecule has 0 aliphatic heterocycles. The van der Waals surface area contributed by atoms with E-state index in [1.54, 1.807) is 24.5 Å². The third kappa shape index (κ3) is 3.40. The fourth-order valence-electron chi connectivity index (χ4n) is 1.83. The van der Waals surface area contributed by atoms with Crippen LogP contribution in [0.5, 0.6) is 0 Å². The second kappa shape index (κ2) is 6.13. The second-order valence-corrected chi connectivity index (χ2v) is 4.21. The molecule has 1 unspecified atom stereocenters. The number of anilines is 2. The Bertz CT molecular complexity index is 544. The van der Waals surface area contributed by atoms with Gasteiger partial charge in [-0.15, -0.1) is 0 Å². The van der Waals surface area contributed by atoms with Crippen LogP contribution < -0.4 is 10.6 Å². The number of hydrogen-bond donors (Lipinski definition) is 2. The van der Waals surface area contributed by atoms with Gasteiger partial charge in [0.1, 0.15) is 17.5 Å². The van der Waals surface area contributed by atoms with Crippen LogP contribution in [0, 0.1) is 5.82 Å². The molecule has 2 aromatic rings. The van der Waals surface area contributed by atoms with Crippen molar-refractivity contribution < 1.29 is 4.39 Å². The molecule has 1 heterocycles. The lowest BCUT2D eigenvalue weighted by atomic mass is 10.1. The number of nitrogens with one attached hydrogen (secondary N) is 2. The molecule has 0 bridgehead atoms. The first-order valence-electron chi connectivity index (χ1n) is 6.27. The van der Waals surface area contributed by atoms with Crippen LogP contribution in [0.4, 0.5) is 16.0 Å². The summed E-state index contributed by atoms with van der Waals surface area (Å²) in [5.74, 6) is 1.10. The summed E-state index contributed by atoms with van der Waals surface area (Å²) < 4.78 is 13.7. The van der Waals surface area contributed by atoms with E-state index < -0.39 is 0 Å². The van der Waals surface area contributed by atoms with Gasteiger partial charge in [0.05, 0.1) is 18.4 Å². The van der Waals surface area contributed by atoms with Gasteiger partial charge in [0, 0.05) is 12.1 Å². The van der Waals surface area contributed by atoms with Gasteiger partial charge < -0.3 is 10.6 Å². The number of halogens is 1. The zero-order valence-electron chi connectivity index (χ0n) is 11.0. The molecule has 5 heteroatoms. The van der Waals surface area contributed by atoms with Gasteiger partial charge in [-0.1, -0.05) is 18.2 Å². The van der Waals surface area contributed by atoms with Crippen LogP contribution in [0.3, 0.4) is 0 Å². The van der Waals surface area contributed by atoms with Gasteiger partial charge >= 0.3 is 0 Å². The van der Waals surface area contributed by atoms with E-state index in [2.05, 4.69) is 20.6 Å². The highest BCUT2D eigenvalue weighted by molar-refractivity contribution is 5.43. The first-order valence-corrected chi connectivity index (χ1v) is 6.27. The predicted molar refractivity (Wildman–Crippen MR) is 74.6 cm³/mol. The average molecular weight is 260 g/mol. The van der Waals surface area contributed by atoms with Crippen molar-refractivity contribution in [3.8, 4) is 0 Å². The summed E-state index contributed by atoms with van der Waals surface area (Å²) in [5.41, 5.74) is 0.609. The van der Waals surface area contributed by atoms with Crippen LogP contribution in [-0.2, 0) is 0 Å². The van der Waals surface area contributed by atoms with Crippen molar-refractivity contribution in [3.05, 3.63) is 48.0 Å². The summed E-state index contributed by atoms with van der Waals surface area (Å²) in [6.07, 6.45) is 3.28. The molecule has 0 saturated heterocycles. The molecular weight excluding hydrogens is 243 g/mol. The molecule has 1 aromatic heterocycles. The van der Waals surface area contributed by atoms with E-state index in [9.17, 15) is 4.39 Å². The normalized spacial score (nSPS) is 11.9. The molecule has 1 atom stereocenters. The van der Waals surface area contributed by atoms with E-state index in [4.69, 9.17) is 0 Å². The van der Waals surface area contributed by atoms with E-state index in [0.717, 1.165) is 6.54 Å². The maximum Gasteiger partial charge on any atom is 0.147 e. The SMILES string of the molecule is CCNc1cncc(NC(C)c2ccccc2F)n1. The summed E-state index contributed by atoms with van der Waals surface area (Å²) in [7, 11) is 0. The highest BCUT2D eigenvalue weighted by atomic mass is 19.1. The van der Waals surface area contributed by atoms with Gasteiger partial charge in [0.2, 0.25) is 0 Å². The number of hydrogen-bond acceptors (Lipinski definition) is 4. The molecular formula is C14H17FN4. The van der Waals surface area contributed by atoms with E-state index in [1.807, 2.05) is 19.9 Å². The van der Waals surface area contributed by atoms with Crippen molar-refractivity contribution >= 4 is 11.6 Å². The van der Waals surface area contributed by atoms with Crippen LogP contribution in [0.2, 0.25) is 0 Å². The minimum atomic E-state index is -0.224. The monoisotopic (exact) mass is 260 g/mol. The Balaban J connectivity index is 2.12. The maximum absolute atomic E-state index is 13.7. The quantitative estimate of drug-likeness (QED) is 0.866. The lowest BCUT2D eigenvalue weighted by Gasteiger charge is -2.15. The van der Waals surface area contributed by atoms with Gasteiger partial charge in [-0.2, -0.15) is 0 Å². The van der Waals surface area contributed by atoms with Gasteiger partial charge in [-0.05, 0) is 19.9 Å². The molecule has 0 spiro atoms. The van der Waals surface area contributed by atoms with Crippen LogP contribution >= 0.6 is 0 Å². The molecule has 0 radical (unpaired) electrons. The van der Waals surface area contributed by atoms with Crippen molar-refractivity contribution in [2.24, 2.45) is 0 Å². The molecule has 4 nitrogen and oxygen atoms in total. The molecule has 0 aliphatic carbocycles. The van der Waals surface area contributed by atoms with E-state index >= 15 is 0 Å². The van der Waals surface area contributed by atoms with Crippen LogP contribution in [-0.4, -0.2) is 16.5 Å². The summed E-state index contributed by atoms with van der Waals surface area (Å²) in [6, 6.07) is 6.53. The third-order valence-corrected chi connectivity index (χ3v) is 2.73. The second-order valence-electron chi connectivity index (χ2n) is 4.21. The topological polar surface area (TPSA) is 49.8 Å². The highest BCUT2D eigenvalue weighted by Crippen LogP contribution is 2.20. The van der Waals surface area contributed by atoms with Crippen molar-refractivity contribution in [1.29, 1.82) is 0 Å². The Morgan fingerprint density at radius 1 is 1.21 bits per heavy atom. The van der Waals surface area contributed by atoms with Crippen molar-refractivity contribution in [1.82, 2.24) is 9.97 Å². The molecule has 2 N–H and O–H groups in total. The Morgan fingerprint density at radius 2 is 1.95 bits per heavy atom. The summed E-state index contributed by atoms with van der Waals surface area (Å²) in [5, 5.41) is 6.23. The third-order valence-electron chi connectivity index (χ3n) is 2.73. The standard InChI is InChI=1S/C14H17FN4/c1-3-17-13-8-16-9-14(19-13)18-10(2)11-6-4-5-7-12(11)15/h4-10H,3H2,1-2H3,(H2,17,18,19). The molecule has 0 amide bonds. The van der Waals surface area contributed by atoms with Gasteiger partial charge in [-0.3, -0.25) is 4.98 Å². The highest BCUT2D eigenvalue weighted by Gasteiger charge is 2.10. The first kappa shape index (κ1) is 13.3. The number of nitrogens with zero attached hydrogens (tertiary/aromatic N) is 2. The summed E-state index contributed by atoms with van der Waals surface area (Å²) in [6.45, 7) is 4.66. The number of benzene rings is 1. The molecule has 100 valence electrons.